The maximum absolute atomic E-state index is 5.51. The fourth-order valence-electron chi connectivity index (χ4n) is 3.04. The molecule has 0 bridgehead atoms. The SMILES string of the molecule is COc1cccc(CN2CC[C@H](c3ccn[nH]3)C2)c1OC. The van der Waals surface area contributed by atoms with E-state index in [9.17, 15) is 0 Å². The highest BCUT2D eigenvalue weighted by Gasteiger charge is 2.25. The van der Waals surface area contributed by atoms with Crippen molar-refractivity contribution in [1.82, 2.24) is 15.1 Å². The lowest BCUT2D eigenvalue weighted by atomic mass is 10.1. The van der Waals surface area contributed by atoms with Gasteiger partial charge in [0.2, 0.25) is 0 Å². The number of benzene rings is 1. The van der Waals surface area contributed by atoms with Crippen LogP contribution in [0.4, 0.5) is 0 Å². The van der Waals surface area contributed by atoms with E-state index >= 15 is 0 Å². The molecule has 2 heterocycles. The van der Waals surface area contributed by atoms with Crippen molar-refractivity contribution >= 4 is 0 Å². The third-order valence-corrected chi connectivity index (χ3v) is 4.11. The van der Waals surface area contributed by atoms with Gasteiger partial charge in [0.15, 0.2) is 11.5 Å². The van der Waals surface area contributed by atoms with E-state index in [0.717, 1.165) is 37.6 Å². The molecule has 1 aliphatic rings. The first-order valence-corrected chi connectivity index (χ1v) is 7.23. The first-order valence-electron chi connectivity index (χ1n) is 7.23. The molecule has 1 N–H and O–H groups in total. The summed E-state index contributed by atoms with van der Waals surface area (Å²) in [6.07, 6.45) is 2.98. The third-order valence-electron chi connectivity index (χ3n) is 4.11. The van der Waals surface area contributed by atoms with Gasteiger partial charge >= 0.3 is 0 Å². The van der Waals surface area contributed by atoms with Gasteiger partial charge in [-0.15, -0.1) is 0 Å². The zero-order chi connectivity index (χ0) is 14.7. The first kappa shape index (κ1) is 13.9. The summed E-state index contributed by atoms with van der Waals surface area (Å²) in [5.41, 5.74) is 2.40. The molecule has 112 valence electrons. The average Bonchev–Trinajstić information content (AvgIpc) is 3.17. The highest BCUT2D eigenvalue weighted by Crippen LogP contribution is 2.33. The predicted octanol–water partition coefficient (Wildman–Crippen LogP) is 2.42. The summed E-state index contributed by atoms with van der Waals surface area (Å²) < 4.78 is 10.9. The Kier molecular flexibility index (Phi) is 4.10. The normalized spacial score (nSPS) is 18.9. The van der Waals surface area contributed by atoms with Crippen molar-refractivity contribution in [2.75, 3.05) is 27.3 Å². The molecule has 0 amide bonds. The molecule has 0 spiro atoms. The van der Waals surface area contributed by atoms with Crippen LogP contribution in [0.1, 0.15) is 23.6 Å². The highest BCUT2D eigenvalue weighted by molar-refractivity contribution is 5.46. The highest BCUT2D eigenvalue weighted by atomic mass is 16.5. The average molecular weight is 287 g/mol. The van der Waals surface area contributed by atoms with Gasteiger partial charge in [-0.2, -0.15) is 5.10 Å². The summed E-state index contributed by atoms with van der Waals surface area (Å²) >= 11 is 0. The summed E-state index contributed by atoms with van der Waals surface area (Å²) in [7, 11) is 3.37. The Morgan fingerprint density at radius 3 is 2.90 bits per heavy atom. The number of aromatic amines is 1. The fraction of sp³-hybridized carbons (Fsp3) is 0.438. The van der Waals surface area contributed by atoms with Crippen LogP contribution in [0.2, 0.25) is 0 Å². The molecule has 5 heteroatoms. The molecule has 21 heavy (non-hydrogen) atoms. The van der Waals surface area contributed by atoms with Crippen molar-refractivity contribution < 1.29 is 9.47 Å². The van der Waals surface area contributed by atoms with Crippen LogP contribution in [0.25, 0.3) is 0 Å². The Hall–Kier alpha value is -2.01. The number of likely N-dealkylation sites (tertiary alicyclic amines) is 1. The minimum atomic E-state index is 0.545. The topological polar surface area (TPSA) is 50.4 Å². The Morgan fingerprint density at radius 2 is 2.19 bits per heavy atom. The molecule has 1 fully saturated rings. The number of nitrogens with zero attached hydrogens (tertiary/aromatic N) is 2. The van der Waals surface area contributed by atoms with E-state index < -0.39 is 0 Å². The van der Waals surface area contributed by atoms with E-state index in [2.05, 4.69) is 27.2 Å². The van der Waals surface area contributed by atoms with Gasteiger partial charge in [0.05, 0.1) is 14.2 Å². The molecule has 1 saturated heterocycles. The van der Waals surface area contributed by atoms with Crippen LogP contribution in [0.5, 0.6) is 11.5 Å². The lowest BCUT2D eigenvalue weighted by molar-refractivity contribution is 0.308. The molecule has 2 aromatic rings. The summed E-state index contributed by atoms with van der Waals surface area (Å²) in [4.78, 5) is 2.45. The lowest BCUT2D eigenvalue weighted by Gasteiger charge is -2.19. The van der Waals surface area contributed by atoms with Crippen LogP contribution in [0.15, 0.2) is 30.5 Å². The second-order valence-corrected chi connectivity index (χ2v) is 5.39. The van der Waals surface area contributed by atoms with E-state index in [0.29, 0.717) is 5.92 Å². The van der Waals surface area contributed by atoms with Crippen LogP contribution < -0.4 is 9.47 Å². The third kappa shape index (κ3) is 2.88. The molecular weight excluding hydrogens is 266 g/mol. The molecule has 1 aromatic heterocycles. The molecule has 1 atom stereocenters. The van der Waals surface area contributed by atoms with Crippen molar-refractivity contribution in [2.24, 2.45) is 0 Å². The number of hydrogen-bond donors (Lipinski definition) is 1. The largest absolute Gasteiger partial charge is 0.493 e. The van der Waals surface area contributed by atoms with Crippen LogP contribution in [-0.4, -0.2) is 42.4 Å². The minimum absolute atomic E-state index is 0.545. The molecular formula is C16H21N3O2. The van der Waals surface area contributed by atoms with Gasteiger partial charge in [-0.1, -0.05) is 12.1 Å². The molecule has 0 radical (unpaired) electrons. The number of para-hydroxylation sites is 1. The quantitative estimate of drug-likeness (QED) is 0.917. The van der Waals surface area contributed by atoms with Gasteiger partial charge in [-0.3, -0.25) is 10.00 Å². The number of ether oxygens (including phenoxy) is 2. The molecule has 0 aliphatic carbocycles. The predicted molar refractivity (Wildman–Crippen MR) is 80.8 cm³/mol. The summed E-state index contributed by atoms with van der Waals surface area (Å²) in [5, 5.41) is 7.13. The van der Waals surface area contributed by atoms with Gasteiger partial charge in [0.25, 0.3) is 0 Å². The Labute approximate surface area is 124 Å². The number of rotatable bonds is 5. The zero-order valence-electron chi connectivity index (χ0n) is 12.5. The van der Waals surface area contributed by atoms with Gasteiger partial charge in [0.1, 0.15) is 0 Å². The molecule has 1 aromatic carbocycles. The lowest BCUT2D eigenvalue weighted by Crippen LogP contribution is -2.20. The maximum atomic E-state index is 5.51. The summed E-state index contributed by atoms with van der Waals surface area (Å²) in [6, 6.07) is 8.12. The Balaban J connectivity index is 1.70. The molecule has 0 saturated carbocycles. The number of nitrogens with one attached hydrogen (secondary N) is 1. The smallest absolute Gasteiger partial charge is 0.165 e. The number of hydrogen-bond acceptors (Lipinski definition) is 4. The van der Waals surface area contributed by atoms with Gasteiger partial charge in [-0.05, 0) is 25.1 Å². The molecule has 0 unspecified atom stereocenters. The van der Waals surface area contributed by atoms with Crippen molar-refractivity contribution in [1.29, 1.82) is 0 Å². The van der Waals surface area contributed by atoms with Gasteiger partial charge < -0.3 is 9.47 Å². The maximum Gasteiger partial charge on any atom is 0.165 e. The van der Waals surface area contributed by atoms with Crippen molar-refractivity contribution in [2.45, 2.75) is 18.9 Å². The molecule has 1 aliphatic heterocycles. The standard InChI is InChI=1S/C16H21N3O2/c1-20-15-5-3-4-13(16(15)21-2)11-19-9-7-12(10-19)14-6-8-17-18-14/h3-6,8,12H,7,9-11H2,1-2H3,(H,17,18)/t12-/m0/s1. The monoisotopic (exact) mass is 287 g/mol. The van der Waals surface area contributed by atoms with E-state index in [1.165, 1.54) is 11.3 Å². The number of H-pyrrole nitrogens is 1. The van der Waals surface area contributed by atoms with Gasteiger partial charge in [-0.25, -0.2) is 0 Å². The Morgan fingerprint density at radius 1 is 1.29 bits per heavy atom. The molecule has 3 rings (SSSR count). The van der Waals surface area contributed by atoms with E-state index in [4.69, 9.17) is 9.47 Å². The second-order valence-electron chi connectivity index (χ2n) is 5.39. The van der Waals surface area contributed by atoms with Crippen LogP contribution in [0.3, 0.4) is 0 Å². The number of aromatic nitrogens is 2. The van der Waals surface area contributed by atoms with Gasteiger partial charge in [0, 0.05) is 36.5 Å². The zero-order valence-corrected chi connectivity index (χ0v) is 12.5. The van der Waals surface area contributed by atoms with E-state index in [1.54, 1.807) is 14.2 Å². The van der Waals surface area contributed by atoms with Crippen LogP contribution in [-0.2, 0) is 6.54 Å². The van der Waals surface area contributed by atoms with E-state index in [-0.39, 0.29) is 0 Å². The van der Waals surface area contributed by atoms with Crippen molar-refractivity contribution in [3.8, 4) is 11.5 Å². The second kappa shape index (κ2) is 6.18. The Bertz CT molecular complexity index is 583. The van der Waals surface area contributed by atoms with Crippen LogP contribution in [0, 0.1) is 0 Å². The minimum Gasteiger partial charge on any atom is -0.493 e. The fourth-order valence-corrected chi connectivity index (χ4v) is 3.04. The van der Waals surface area contributed by atoms with Crippen molar-refractivity contribution in [3.63, 3.8) is 0 Å². The summed E-state index contributed by atoms with van der Waals surface area (Å²) in [6.45, 7) is 3.01. The summed E-state index contributed by atoms with van der Waals surface area (Å²) in [5.74, 6) is 2.17. The van der Waals surface area contributed by atoms with E-state index in [1.807, 2.05) is 18.3 Å². The van der Waals surface area contributed by atoms with Crippen molar-refractivity contribution in [3.05, 3.63) is 41.7 Å². The first-order chi connectivity index (χ1) is 10.3. The molecule has 5 nitrogen and oxygen atoms in total. The number of methoxy groups -OCH3 is 2. The van der Waals surface area contributed by atoms with Crippen LogP contribution >= 0.6 is 0 Å².